The SMILES string of the molecule is CC(COc1cc(O)c2c(=O)c(-c3ccc(O)cc3)coc2c1)Oc1ccc2c(=O)c(-c3ccccc3)coc2c1. The molecule has 8 heteroatoms. The minimum absolute atomic E-state index is 0.0281. The third-order valence-corrected chi connectivity index (χ3v) is 6.66. The summed E-state index contributed by atoms with van der Waals surface area (Å²) in [5.74, 6) is 0.591. The molecule has 6 aromatic rings. The molecule has 0 bridgehead atoms. The Bertz CT molecular complexity index is 1990. The first-order chi connectivity index (χ1) is 19.9. The maximum atomic E-state index is 13.0. The topological polar surface area (TPSA) is 119 Å². The lowest BCUT2D eigenvalue weighted by atomic mass is 10.0. The van der Waals surface area contributed by atoms with E-state index in [2.05, 4.69) is 0 Å². The highest BCUT2D eigenvalue weighted by Gasteiger charge is 2.16. The van der Waals surface area contributed by atoms with E-state index >= 15 is 0 Å². The van der Waals surface area contributed by atoms with Crippen LogP contribution in [-0.2, 0) is 0 Å². The average molecular weight is 549 g/mol. The molecule has 0 saturated heterocycles. The van der Waals surface area contributed by atoms with E-state index in [-0.39, 0.29) is 40.1 Å². The monoisotopic (exact) mass is 548 g/mol. The van der Waals surface area contributed by atoms with Crippen LogP contribution in [0, 0.1) is 0 Å². The van der Waals surface area contributed by atoms with E-state index in [0.29, 0.717) is 33.6 Å². The van der Waals surface area contributed by atoms with Crippen LogP contribution >= 0.6 is 0 Å². The second kappa shape index (κ2) is 10.6. The van der Waals surface area contributed by atoms with Gasteiger partial charge in [-0.2, -0.15) is 0 Å². The van der Waals surface area contributed by atoms with Crippen molar-refractivity contribution in [2.75, 3.05) is 6.61 Å². The summed E-state index contributed by atoms with van der Waals surface area (Å²) in [7, 11) is 0. The fourth-order valence-corrected chi connectivity index (χ4v) is 4.61. The highest BCUT2D eigenvalue weighted by atomic mass is 16.5. The summed E-state index contributed by atoms with van der Waals surface area (Å²) in [6.07, 6.45) is 2.35. The van der Waals surface area contributed by atoms with E-state index < -0.39 is 11.5 Å². The summed E-state index contributed by atoms with van der Waals surface area (Å²) in [6, 6.07) is 23.4. The maximum Gasteiger partial charge on any atom is 0.204 e. The van der Waals surface area contributed by atoms with Crippen LogP contribution in [0.1, 0.15) is 6.92 Å². The van der Waals surface area contributed by atoms with Crippen LogP contribution in [0.4, 0.5) is 0 Å². The number of fused-ring (bicyclic) bond motifs is 2. The molecular weight excluding hydrogens is 524 g/mol. The fourth-order valence-electron chi connectivity index (χ4n) is 4.61. The standard InChI is InChI=1S/C33H24O8/c1-19(41-23-11-12-25-29(14-23)39-17-26(32(25)36)20-5-3-2-4-6-20)16-38-24-13-28(35)31-30(15-24)40-18-27(33(31)37)21-7-9-22(34)10-8-21/h2-15,17-19,34-35H,16H2,1H3. The maximum absolute atomic E-state index is 13.0. The molecule has 2 aromatic heterocycles. The first-order valence-electron chi connectivity index (χ1n) is 12.9. The molecule has 0 saturated carbocycles. The quantitative estimate of drug-likeness (QED) is 0.232. The second-order valence-corrected chi connectivity index (χ2v) is 9.58. The summed E-state index contributed by atoms with van der Waals surface area (Å²) in [5.41, 5.74) is 2.11. The lowest BCUT2D eigenvalue weighted by Crippen LogP contribution is -2.21. The fraction of sp³-hybridized carbons (Fsp3) is 0.0909. The molecule has 8 nitrogen and oxygen atoms in total. The predicted molar refractivity (Wildman–Crippen MR) is 155 cm³/mol. The number of ether oxygens (including phenoxy) is 2. The van der Waals surface area contributed by atoms with Crippen LogP contribution < -0.4 is 20.3 Å². The lowest BCUT2D eigenvalue weighted by molar-refractivity contribution is 0.143. The molecule has 0 aliphatic carbocycles. The van der Waals surface area contributed by atoms with Crippen molar-refractivity contribution in [1.82, 2.24) is 0 Å². The van der Waals surface area contributed by atoms with Crippen molar-refractivity contribution in [2.45, 2.75) is 13.0 Å². The summed E-state index contributed by atoms with van der Waals surface area (Å²) in [5, 5.41) is 20.6. The Balaban J connectivity index is 1.17. The molecular formula is C33H24O8. The van der Waals surface area contributed by atoms with Gasteiger partial charge in [-0.15, -0.1) is 0 Å². The Hall–Kier alpha value is -5.50. The van der Waals surface area contributed by atoms with Crippen LogP contribution in [0.2, 0.25) is 0 Å². The van der Waals surface area contributed by atoms with Crippen LogP contribution in [0.3, 0.4) is 0 Å². The van der Waals surface area contributed by atoms with Crippen molar-refractivity contribution in [3.63, 3.8) is 0 Å². The highest BCUT2D eigenvalue weighted by molar-refractivity contribution is 5.88. The van der Waals surface area contributed by atoms with E-state index in [0.717, 1.165) is 5.56 Å². The van der Waals surface area contributed by atoms with E-state index in [1.54, 1.807) is 30.3 Å². The second-order valence-electron chi connectivity index (χ2n) is 9.58. The van der Waals surface area contributed by atoms with Gasteiger partial charge >= 0.3 is 0 Å². The predicted octanol–water partition coefficient (Wildman–Crippen LogP) is 6.49. The first-order valence-corrected chi connectivity index (χ1v) is 12.9. The van der Waals surface area contributed by atoms with Gasteiger partial charge in [0.05, 0.1) is 16.5 Å². The Morgan fingerprint density at radius 2 is 1.39 bits per heavy atom. The van der Waals surface area contributed by atoms with Crippen molar-refractivity contribution in [3.8, 4) is 45.3 Å². The zero-order valence-corrected chi connectivity index (χ0v) is 21.9. The number of rotatable bonds is 7. The van der Waals surface area contributed by atoms with Gasteiger partial charge in [-0.3, -0.25) is 9.59 Å². The van der Waals surface area contributed by atoms with E-state index in [1.807, 2.05) is 37.3 Å². The van der Waals surface area contributed by atoms with Crippen LogP contribution in [0.5, 0.6) is 23.0 Å². The molecule has 1 unspecified atom stereocenters. The van der Waals surface area contributed by atoms with Crippen molar-refractivity contribution in [1.29, 1.82) is 0 Å². The minimum atomic E-state index is -0.413. The Labute approximate surface area is 233 Å². The van der Waals surface area contributed by atoms with Crippen LogP contribution in [0.25, 0.3) is 44.2 Å². The molecule has 0 fully saturated rings. The summed E-state index contributed by atoms with van der Waals surface area (Å²) >= 11 is 0. The number of aromatic hydroxyl groups is 2. The van der Waals surface area contributed by atoms with Gasteiger partial charge in [0.2, 0.25) is 5.43 Å². The molecule has 0 amide bonds. The summed E-state index contributed by atoms with van der Waals surface area (Å²) in [4.78, 5) is 26.0. The highest BCUT2D eigenvalue weighted by Crippen LogP contribution is 2.31. The molecule has 0 aliphatic rings. The Morgan fingerprint density at radius 1 is 0.732 bits per heavy atom. The lowest BCUT2D eigenvalue weighted by Gasteiger charge is -2.16. The number of phenolic OH excluding ortho intramolecular Hbond substituents is 2. The molecule has 41 heavy (non-hydrogen) atoms. The largest absolute Gasteiger partial charge is 0.508 e. The molecule has 204 valence electrons. The van der Waals surface area contributed by atoms with Gasteiger partial charge in [-0.05, 0) is 42.3 Å². The van der Waals surface area contributed by atoms with Crippen LogP contribution in [0.15, 0.2) is 116 Å². The van der Waals surface area contributed by atoms with Crippen molar-refractivity contribution >= 4 is 21.9 Å². The van der Waals surface area contributed by atoms with Crippen molar-refractivity contribution in [3.05, 3.63) is 118 Å². The zero-order valence-electron chi connectivity index (χ0n) is 21.9. The number of hydrogen-bond donors (Lipinski definition) is 2. The molecule has 1 atom stereocenters. The average Bonchev–Trinajstić information content (AvgIpc) is 2.97. The van der Waals surface area contributed by atoms with E-state index in [4.69, 9.17) is 18.3 Å². The number of hydrogen-bond acceptors (Lipinski definition) is 8. The molecule has 0 spiro atoms. The smallest absolute Gasteiger partial charge is 0.204 e. The van der Waals surface area contributed by atoms with E-state index in [1.165, 1.54) is 36.8 Å². The van der Waals surface area contributed by atoms with Crippen molar-refractivity contribution in [2.24, 2.45) is 0 Å². The molecule has 2 heterocycles. The minimum Gasteiger partial charge on any atom is -0.508 e. The number of benzene rings is 4. The molecule has 6 rings (SSSR count). The summed E-state index contributed by atoms with van der Waals surface area (Å²) in [6.45, 7) is 1.93. The molecule has 0 radical (unpaired) electrons. The van der Waals surface area contributed by atoms with Gasteiger partial charge in [0.15, 0.2) is 5.43 Å². The Morgan fingerprint density at radius 3 is 2.15 bits per heavy atom. The third-order valence-electron chi connectivity index (χ3n) is 6.66. The van der Waals surface area contributed by atoms with Gasteiger partial charge in [0, 0.05) is 18.2 Å². The summed E-state index contributed by atoms with van der Waals surface area (Å²) < 4.78 is 23.2. The number of phenols is 2. The molecule has 2 N–H and O–H groups in total. The van der Waals surface area contributed by atoms with Gasteiger partial charge in [-0.25, -0.2) is 0 Å². The van der Waals surface area contributed by atoms with Gasteiger partial charge in [0.1, 0.15) is 64.8 Å². The van der Waals surface area contributed by atoms with Gasteiger partial charge in [0.25, 0.3) is 0 Å². The molecule has 4 aromatic carbocycles. The van der Waals surface area contributed by atoms with E-state index in [9.17, 15) is 19.8 Å². The normalized spacial score (nSPS) is 11.9. The van der Waals surface area contributed by atoms with Crippen molar-refractivity contribution < 1.29 is 28.5 Å². The van der Waals surface area contributed by atoms with Gasteiger partial charge < -0.3 is 28.5 Å². The van der Waals surface area contributed by atoms with Crippen LogP contribution in [-0.4, -0.2) is 22.9 Å². The molecule has 0 aliphatic heterocycles. The van der Waals surface area contributed by atoms with Gasteiger partial charge in [-0.1, -0.05) is 42.5 Å². The third kappa shape index (κ3) is 5.10. The Kier molecular flexibility index (Phi) is 6.65. The first kappa shape index (κ1) is 25.8. The zero-order chi connectivity index (χ0) is 28.5.